The number of hydrogen-bond acceptors (Lipinski definition) is 5. The molecule has 2 atom stereocenters. The lowest BCUT2D eigenvalue weighted by Gasteiger charge is -2.24. The van der Waals surface area contributed by atoms with Gasteiger partial charge in [-0.2, -0.15) is 17.0 Å². The van der Waals surface area contributed by atoms with E-state index in [0.717, 1.165) is 17.8 Å². The van der Waals surface area contributed by atoms with Gasteiger partial charge in [0.25, 0.3) is 10.2 Å². The Kier molecular flexibility index (Phi) is 4.94. The van der Waals surface area contributed by atoms with Crippen molar-refractivity contribution in [3.8, 4) is 0 Å². The largest absolute Gasteiger partial charge is 0.371 e. The molecule has 8 heteroatoms. The first-order valence-electron chi connectivity index (χ1n) is 8.16. The molecular formula is C16H25N3O4S. The Labute approximate surface area is 143 Å². The Morgan fingerprint density at radius 3 is 2.96 bits per heavy atom. The molecule has 0 aliphatic carbocycles. The third-order valence-electron chi connectivity index (χ3n) is 4.66. The monoisotopic (exact) mass is 355 g/mol. The lowest BCUT2D eigenvalue weighted by molar-refractivity contribution is 0.00217. The predicted molar refractivity (Wildman–Crippen MR) is 89.6 cm³/mol. The van der Waals surface area contributed by atoms with Gasteiger partial charge in [0, 0.05) is 39.3 Å². The summed E-state index contributed by atoms with van der Waals surface area (Å²) in [5.74, 6) is 0. The lowest BCUT2D eigenvalue weighted by Crippen LogP contribution is -2.41. The smallest absolute Gasteiger partial charge is 0.281 e. The molecule has 0 amide bonds. The summed E-state index contributed by atoms with van der Waals surface area (Å²) in [5.41, 5.74) is 1.46. The van der Waals surface area contributed by atoms with E-state index >= 15 is 0 Å². The minimum atomic E-state index is -3.38. The quantitative estimate of drug-likeness (QED) is 0.786. The van der Waals surface area contributed by atoms with Crippen LogP contribution in [0.25, 0.3) is 0 Å². The third kappa shape index (κ3) is 3.62. The van der Waals surface area contributed by atoms with Gasteiger partial charge in [-0.25, -0.2) is 0 Å². The molecule has 1 aromatic heterocycles. The van der Waals surface area contributed by atoms with Crippen LogP contribution in [0, 0.1) is 6.92 Å². The molecule has 0 radical (unpaired) electrons. The minimum absolute atomic E-state index is 0.0191. The van der Waals surface area contributed by atoms with E-state index in [-0.39, 0.29) is 6.10 Å². The summed E-state index contributed by atoms with van der Waals surface area (Å²) in [4.78, 5) is 4.43. The Morgan fingerprint density at radius 1 is 1.46 bits per heavy atom. The van der Waals surface area contributed by atoms with Crippen molar-refractivity contribution in [3.05, 3.63) is 29.6 Å². The number of ether oxygens (including phenoxy) is 2. The summed E-state index contributed by atoms with van der Waals surface area (Å²) in [5, 5.41) is 0. The zero-order chi connectivity index (χ0) is 17.4. The topological polar surface area (TPSA) is 72.0 Å². The molecule has 2 saturated heterocycles. The fourth-order valence-electron chi connectivity index (χ4n) is 3.31. The average Bonchev–Trinajstić information content (AvgIpc) is 3.13. The molecule has 0 aromatic carbocycles. The van der Waals surface area contributed by atoms with Gasteiger partial charge in [-0.05, 0) is 25.5 Å². The molecule has 2 aliphatic rings. The number of aryl methyl sites for hydroxylation is 1. The zero-order valence-electron chi connectivity index (χ0n) is 14.4. The summed E-state index contributed by atoms with van der Waals surface area (Å²) in [7, 11) is -0.277. The summed E-state index contributed by atoms with van der Waals surface area (Å²) >= 11 is 0. The highest BCUT2D eigenvalue weighted by Gasteiger charge is 2.49. The van der Waals surface area contributed by atoms with Crippen molar-refractivity contribution in [2.24, 2.45) is 0 Å². The van der Waals surface area contributed by atoms with Crippen LogP contribution in [-0.4, -0.2) is 67.5 Å². The highest BCUT2D eigenvalue weighted by atomic mass is 32.2. The Morgan fingerprint density at radius 2 is 2.25 bits per heavy atom. The van der Waals surface area contributed by atoms with Crippen LogP contribution < -0.4 is 0 Å². The van der Waals surface area contributed by atoms with Gasteiger partial charge < -0.3 is 9.47 Å². The Balaban J connectivity index is 1.56. The molecule has 2 aliphatic heterocycles. The van der Waals surface area contributed by atoms with Crippen LogP contribution in [0.1, 0.15) is 24.2 Å². The molecule has 134 valence electrons. The van der Waals surface area contributed by atoms with Crippen LogP contribution in [0.15, 0.2) is 18.2 Å². The van der Waals surface area contributed by atoms with Gasteiger partial charge in [0.05, 0.1) is 30.6 Å². The second kappa shape index (κ2) is 6.68. The van der Waals surface area contributed by atoms with Gasteiger partial charge in [-0.15, -0.1) is 0 Å². The van der Waals surface area contributed by atoms with E-state index in [9.17, 15) is 8.42 Å². The van der Waals surface area contributed by atoms with Gasteiger partial charge in [0.1, 0.15) is 0 Å². The van der Waals surface area contributed by atoms with E-state index in [1.54, 1.807) is 14.1 Å². The molecule has 1 aromatic rings. The molecular weight excluding hydrogens is 330 g/mol. The first kappa shape index (κ1) is 17.8. The van der Waals surface area contributed by atoms with Crippen molar-refractivity contribution in [1.82, 2.24) is 13.6 Å². The van der Waals surface area contributed by atoms with Crippen LogP contribution in [-0.2, 0) is 26.3 Å². The molecule has 0 N–H and O–H groups in total. The van der Waals surface area contributed by atoms with E-state index in [2.05, 4.69) is 4.98 Å². The summed E-state index contributed by atoms with van der Waals surface area (Å²) in [6.07, 6.45) is 1.41. The van der Waals surface area contributed by atoms with Gasteiger partial charge in [0.2, 0.25) is 0 Å². The van der Waals surface area contributed by atoms with E-state index in [1.165, 1.54) is 8.61 Å². The molecule has 24 heavy (non-hydrogen) atoms. The average molecular weight is 355 g/mol. The molecule has 0 saturated carbocycles. The van der Waals surface area contributed by atoms with Crippen molar-refractivity contribution < 1.29 is 17.9 Å². The summed E-state index contributed by atoms with van der Waals surface area (Å²) in [6.45, 7) is 3.80. The molecule has 1 spiro atoms. The van der Waals surface area contributed by atoms with E-state index in [1.807, 2.05) is 25.1 Å². The maximum atomic E-state index is 12.3. The maximum absolute atomic E-state index is 12.3. The minimum Gasteiger partial charge on any atom is -0.371 e. The maximum Gasteiger partial charge on any atom is 0.281 e. The van der Waals surface area contributed by atoms with Crippen LogP contribution in [0.2, 0.25) is 0 Å². The number of hydrogen-bond donors (Lipinski definition) is 0. The van der Waals surface area contributed by atoms with Gasteiger partial charge >= 0.3 is 0 Å². The van der Waals surface area contributed by atoms with Crippen LogP contribution >= 0.6 is 0 Å². The second-order valence-electron chi connectivity index (χ2n) is 6.78. The molecule has 3 heterocycles. The predicted octanol–water partition coefficient (Wildman–Crippen LogP) is 0.946. The van der Waals surface area contributed by atoms with Crippen LogP contribution in [0.4, 0.5) is 0 Å². The normalized spacial score (nSPS) is 28.2. The third-order valence-corrected chi connectivity index (χ3v) is 6.54. The molecule has 3 rings (SSSR count). The fourth-order valence-corrected chi connectivity index (χ4v) is 4.50. The van der Waals surface area contributed by atoms with E-state index in [0.29, 0.717) is 32.7 Å². The molecule has 0 unspecified atom stereocenters. The molecule has 2 fully saturated rings. The van der Waals surface area contributed by atoms with E-state index in [4.69, 9.17) is 9.47 Å². The van der Waals surface area contributed by atoms with Gasteiger partial charge in [-0.1, -0.05) is 6.07 Å². The molecule has 0 bridgehead atoms. The number of aromatic nitrogens is 1. The zero-order valence-corrected chi connectivity index (χ0v) is 15.3. The standard InChI is InChI=1S/C16H25N3O4S/c1-13-5-4-6-14(17-13)10-22-15-9-16(23-11-15)7-8-19(12-16)24(20,21)18(2)3/h4-6,15H,7-12H2,1-3H3/t15-,16+/m1/s1. The van der Waals surface area contributed by atoms with E-state index < -0.39 is 15.8 Å². The Hall–Kier alpha value is -1.06. The van der Waals surface area contributed by atoms with Crippen molar-refractivity contribution in [2.45, 2.75) is 38.1 Å². The van der Waals surface area contributed by atoms with Gasteiger partial charge in [-0.3, -0.25) is 4.98 Å². The second-order valence-corrected chi connectivity index (χ2v) is 8.92. The van der Waals surface area contributed by atoms with Crippen molar-refractivity contribution >= 4 is 10.2 Å². The van der Waals surface area contributed by atoms with Crippen molar-refractivity contribution in [1.29, 1.82) is 0 Å². The first-order valence-corrected chi connectivity index (χ1v) is 9.56. The highest BCUT2D eigenvalue weighted by molar-refractivity contribution is 7.86. The molecule has 7 nitrogen and oxygen atoms in total. The van der Waals surface area contributed by atoms with Crippen molar-refractivity contribution in [2.75, 3.05) is 33.8 Å². The first-order chi connectivity index (χ1) is 11.3. The summed E-state index contributed by atoms with van der Waals surface area (Å²) < 4.78 is 39.1. The number of rotatable bonds is 5. The lowest BCUT2D eigenvalue weighted by atomic mass is 9.98. The van der Waals surface area contributed by atoms with Gasteiger partial charge in [0.15, 0.2) is 0 Å². The number of nitrogens with zero attached hydrogens (tertiary/aromatic N) is 3. The fraction of sp³-hybridized carbons (Fsp3) is 0.688. The summed E-state index contributed by atoms with van der Waals surface area (Å²) in [6, 6.07) is 5.86. The Bertz CT molecular complexity index is 694. The SMILES string of the molecule is Cc1cccc(CO[C@H]2CO[C@@]3(CCN(S(=O)(=O)N(C)C)C3)C2)n1. The highest BCUT2D eigenvalue weighted by Crippen LogP contribution is 2.37. The van der Waals surface area contributed by atoms with Crippen molar-refractivity contribution in [3.63, 3.8) is 0 Å². The van der Waals surface area contributed by atoms with Crippen LogP contribution in [0.3, 0.4) is 0 Å². The number of pyridine rings is 1. The van der Waals surface area contributed by atoms with Crippen LogP contribution in [0.5, 0.6) is 0 Å².